The maximum Gasteiger partial charge on any atom is 0.414 e. The largest absolute Gasteiger partial charge is 0.466 e. The molecule has 1 aromatic rings. The molecule has 0 radical (unpaired) electrons. The van der Waals surface area contributed by atoms with Gasteiger partial charge in [0.1, 0.15) is 18.6 Å². The van der Waals surface area contributed by atoms with Crippen LogP contribution >= 0.6 is 0 Å². The molecule has 96 valence electrons. The van der Waals surface area contributed by atoms with Gasteiger partial charge in [0.05, 0.1) is 5.56 Å². The van der Waals surface area contributed by atoms with Gasteiger partial charge in [-0.1, -0.05) is 0 Å². The van der Waals surface area contributed by atoms with Crippen LogP contribution in [0.25, 0.3) is 0 Å². The van der Waals surface area contributed by atoms with Crippen LogP contribution < -0.4 is 11.3 Å². The molecule has 0 fully saturated rings. The fourth-order valence-electron chi connectivity index (χ4n) is 0.960. The number of furan rings is 1. The predicted molar refractivity (Wildman–Crippen MR) is 50.7 cm³/mol. The minimum absolute atomic E-state index is 0.111. The Morgan fingerprint density at radius 3 is 2.82 bits per heavy atom. The molecule has 1 heterocycles. The Bertz CT molecular complexity index is 389. The first-order valence-electron chi connectivity index (χ1n) is 4.61. The van der Waals surface area contributed by atoms with E-state index < -0.39 is 18.2 Å². The van der Waals surface area contributed by atoms with Gasteiger partial charge in [0.15, 0.2) is 6.10 Å². The van der Waals surface area contributed by atoms with Gasteiger partial charge in [-0.3, -0.25) is 10.2 Å². The second kappa shape index (κ2) is 5.19. The van der Waals surface area contributed by atoms with E-state index in [0.29, 0.717) is 0 Å². The van der Waals surface area contributed by atoms with Gasteiger partial charge < -0.3 is 9.15 Å². The fourth-order valence-corrected chi connectivity index (χ4v) is 0.960. The van der Waals surface area contributed by atoms with Crippen LogP contribution in [0.1, 0.15) is 23.0 Å². The van der Waals surface area contributed by atoms with Gasteiger partial charge in [-0.15, -0.1) is 0 Å². The first kappa shape index (κ1) is 13.5. The summed E-state index contributed by atoms with van der Waals surface area (Å²) in [6.07, 6.45) is -5.25. The molecule has 1 aromatic heterocycles. The minimum atomic E-state index is -4.43. The van der Waals surface area contributed by atoms with Crippen molar-refractivity contribution >= 4 is 5.91 Å². The molecule has 1 amide bonds. The average molecular weight is 252 g/mol. The van der Waals surface area contributed by atoms with Crippen LogP contribution in [0.5, 0.6) is 0 Å². The Kier molecular flexibility index (Phi) is 4.13. The van der Waals surface area contributed by atoms with Gasteiger partial charge in [0.2, 0.25) is 0 Å². The van der Waals surface area contributed by atoms with Crippen molar-refractivity contribution in [1.82, 2.24) is 5.43 Å². The zero-order valence-electron chi connectivity index (χ0n) is 8.88. The van der Waals surface area contributed by atoms with Crippen LogP contribution in [0.4, 0.5) is 13.2 Å². The molecule has 5 nitrogen and oxygen atoms in total. The first-order valence-corrected chi connectivity index (χ1v) is 4.61. The van der Waals surface area contributed by atoms with Crippen molar-refractivity contribution in [3.05, 3.63) is 23.7 Å². The summed E-state index contributed by atoms with van der Waals surface area (Å²) in [4.78, 5) is 11.0. The number of ether oxygens (including phenoxy) is 1. The lowest BCUT2D eigenvalue weighted by Crippen LogP contribution is -2.29. The highest BCUT2D eigenvalue weighted by Gasteiger charge is 2.37. The first-order chi connectivity index (χ1) is 7.84. The molecular weight excluding hydrogens is 241 g/mol. The third kappa shape index (κ3) is 3.75. The number of nitrogens with two attached hydrogens (primary N) is 1. The third-order valence-corrected chi connectivity index (χ3v) is 1.98. The Balaban J connectivity index is 2.53. The number of hydrazine groups is 1. The van der Waals surface area contributed by atoms with E-state index in [1.807, 2.05) is 5.43 Å². The van der Waals surface area contributed by atoms with Crippen molar-refractivity contribution in [1.29, 1.82) is 0 Å². The zero-order valence-corrected chi connectivity index (χ0v) is 8.88. The van der Waals surface area contributed by atoms with Gasteiger partial charge >= 0.3 is 6.18 Å². The molecule has 0 aliphatic carbocycles. The van der Waals surface area contributed by atoms with Gasteiger partial charge in [0, 0.05) is 0 Å². The molecule has 3 N–H and O–H groups in total. The lowest BCUT2D eigenvalue weighted by Gasteiger charge is -2.15. The van der Waals surface area contributed by atoms with E-state index >= 15 is 0 Å². The van der Waals surface area contributed by atoms with Crippen molar-refractivity contribution in [2.75, 3.05) is 0 Å². The lowest BCUT2D eigenvalue weighted by molar-refractivity contribution is -0.218. The zero-order chi connectivity index (χ0) is 13.1. The number of hydrogen-bond acceptors (Lipinski definition) is 4. The van der Waals surface area contributed by atoms with Crippen molar-refractivity contribution in [2.45, 2.75) is 25.8 Å². The fraction of sp³-hybridized carbons (Fsp3) is 0.444. The second-order valence-corrected chi connectivity index (χ2v) is 3.27. The number of alkyl halides is 3. The summed E-state index contributed by atoms with van der Waals surface area (Å²) in [6.45, 7) is 0.509. The lowest BCUT2D eigenvalue weighted by atomic mass is 10.3. The Hall–Kier alpha value is -1.54. The highest BCUT2D eigenvalue weighted by Crippen LogP contribution is 2.23. The van der Waals surface area contributed by atoms with Crippen molar-refractivity contribution in [2.24, 2.45) is 5.84 Å². The number of rotatable bonds is 4. The van der Waals surface area contributed by atoms with E-state index in [-0.39, 0.29) is 17.9 Å². The topological polar surface area (TPSA) is 77.5 Å². The number of amides is 1. The summed E-state index contributed by atoms with van der Waals surface area (Å²) in [7, 11) is 0. The third-order valence-electron chi connectivity index (χ3n) is 1.98. The molecule has 0 saturated heterocycles. The van der Waals surface area contributed by atoms with E-state index in [4.69, 9.17) is 10.3 Å². The molecule has 1 rings (SSSR count). The molecule has 0 aromatic carbocycles. The van der Waals surface area contributed by atoms with Gasteiger partial charge in [-0.25, -0.2) is 5.84 Å². The molecule has 0 aliphatic rings. The molecule has 1 unspecified atom stereocenters. The quantitative estimate of drug-likeness (QED) is 0.481. The summed E-state index contributed by atoms with van der Waals surface area (Å²) in [5, 5.41) is 0. The van der Waals surface area contributed by atoms with Crippen LogP contribution in [-0.2, 0) is 11.3 Å². The summed E-state index contributed by atoms with van der Waals surface area (Å²) >= 11 is 0. The van der Waals surface area contributed by atoms with Crippen molar-refractivity contribution < 1.29 is 27.1 Å². The molecule has 8 heteroatoms. The van der Waals surface area contributed by atoms with Crippen LogP contribution in [-0.4, -0.2) is 18.2 Å². The smallest absolute Gasteiger partial charge is 0.414 e. The Labute approximate surface area is 94.7 Å². The normalized spacial score (nSPS) is 13.5. The molecule has 0 bridgehead atoms. The molecule has 0 saturated carbocycles. The Morgan fingerprint density at radius 2 is 2.29 bits per heavy atom. The van der Waals surface area contributed by atoms with Crippen LogP contribution in [0.3, 0.4) is 0 Å². The molecular formula is C9H11F3N2O3. The number of halogens is 3. The number of nitrogen functional groups attached to an aromatic ring is 1. The van der Waals surface area contributed by atoms with Crippen LogP contribution in [0, 0.1) is 0 Å². The maximum absolute atomic E-state index is 12.1. The SMILES string of the molecule is CC(OCc1cc(C(=O)NN)co1)C(F)(F)F. The highest BCUT2D eigenvalue weighted by atomic mass is 19.4. The van der Waals surface area contributed by atoms with E-state index in [1.165, 1.54) is 6.07 Å². The summed E-state index contributed by atoms with van der Waals surface area (Å²) in [5.41, 5.74) is 1.98. The number of hydrogen-bond donors (Lipinski definition) is 2. The van der Waals surface area contributed by atoms with Crippen LogP contribution in [0.15, 0.2) is 16.7 Å². The molecule has 1 atom stereocenters. The minimum Gasteiger partial charge on any atom is -0.466 e. The Morgan fingerprint density at radius 1 is 1.65 bits per heavy atom. The predicted octanol–water partition coefficient (Wildman–Crippen LogP) is 1.35. The summed E-state index contributed by atoms with van der Waals surface area (Å²) in [6, 6.07) is 1.26. The summed E-state index contributed by atoms with van der Waals surface area (Å²) in [5.74, 6) is 4.39. The summed E-state index contributed by atoms with van der Waals surface area (Å²) < 4.78 is 45.7. The van der Waals surface area contributed by atoms with Gasteiger partial charge in [-0.2, -0.15) is 13.2 Å². The molecule has 0 spiro atoms. The molecule has 0 aliphatic heterocycles. The standard InChI is InChI=1S/C9H11F3N2O3/c1-5(9(10,11)12)16-4-7-2-6(3-17-7)8(15)14-13/h2-3,5H,4,13H2,1H3,(H,14,15). The number of carbonyl (C=O) groups excluding carboxylic acids is 1. The van der Waals surface area contributed by atoms with E-state index in [0.717, 1.165) is 13.2 Å². The monoisotopic (exact) mass is 252 g/mol. The highest BCUT2D eigenvalue weighted by molar-refractivity contribution is 5.93. The van der Waals surface area contributed by atoms with E-state index in [1.54, 1.807) is 0 Å². The van der Waals surface area contributed by atoms with Crippen molar-refractivity contribution in [3.63, 3.8) is 0 Å². The number of nitrogens with one attached hydrogen (secondary N) is 1. The van der Waals surface area contributed by atoms with Gasteiger partial charge in [-0.05, 0) is 13.0 Å². The van der Waals surface area contributed by atoms with E-state index in [2.05, 4.69) is 4.74 Å². The van der Waals surface area contributed by atoms with E-state index in [9.17, 15) is 18.0 Å². The van der Waals surface area contributed by atoms with Crippen molar-refractivity contribution in [3.8, 4) is 0 Å². The average Bonchev–Trinajstić information content (AvgIpc) is 2.72. The maximum atomic E-state index is 12.1. The second-order valence-electron chi connectivity index (χ2n) is 3.27. The molecule has 17 heavy (non-hydrogen) atoms. The number of carbonyl (C=O) groups is 1. The van der Waals surface area contributed by atoms with Crippen LogP contribution in [0.2, 0.25) is 0 Å². The van der Waals surface area contributed by atoms with Gasteiger partial charge in [0.25, 0.3) is 5.91 Å².